The van der Waals surface area contributed by atoms with Gasteiger partial charge in [-0.15, -0.1) is 11.8 Å². The number of thioether (sulfide) groups is 1. The lowest BCUT2D eigenvalue weighted by Gasteiger charge is -2.27. The molecular formula is C21H23FN2O2S. The maximum absolute atomic E-state index is 13.2. The first-order valence-electron chi connectivity index (χ1n) is 9.08. The molecule has 0 bridgehead atoms. The van der Waals surface area contributed by atoms with Crippen molar-refractivity contribution in [1.82, 2.24) is 0 Å². The summed E-state index contributed by atoms with van der Waals surface area (Å²) >= 11 is 1.63. The smallest absolute Gasteiger partial charge is 0.237 e. The summed E-state index contributed by atoms with van der Waals surface area (Å²) in [5, 5.41) is 0.296. The molecule has 1 aliphatic rings. The fourth-order valence-electron chi connectivity index (χ4n) is 3.37. The van der Waals surface area contributed by atoms with Crippen molar-refractivity contribution in [2.24, 2.45) is 5.73 Å². The Bertz CT molecular complexity index is 810. The first kappa shape index (κ1) is 19.4. The normalized spacial score (nSPS) is 15.8. The number of primary amides is 1. The highest BCUT2D eigenvalue weighted by atomic mass is 32.2. The minimum Gasteiger partial charge on any atom is -0.370 e. The van der Waals surface area contributed by atoms with Crippen molar-refractivity contribution in [3.63, 3.8) is 0 Å². The van der Waals surface area contributed by atoms with Gasteiger partial charge in [-0.05, 0) is 54.7 Å². The Morgan fingerprint density at radius 1 is 1.15 bits per heavy atom. The summed E-state index contributed by atoms with van der Waals surface area (Å²) in [5.74, 6) is -0.635. The third-order valence-electron chi connectivity index (χ3n) is 4.74. The van der Waals surface area contributed by atoms with Gasteiger partial charge in [-0.1, -0.05) is 24.3 Å². The van der Waals surface area contributed by atoms with E-state index in [9.17, 15) is 14.0 Å². The van der Waals surface area contributed by atoms with E-state index >= 15 is 0 Å². The van der Waals surface area contributed by atoms with Crippen LogP contribution in [0.3, 0.4) is 0 Å². The van der Waals surface area contributed by atoms with Crippen LogP contribution >= 0.6 is 11.8 Å². The van der Waals surface area contributed by atoms with Crippen molar-refractivity contribution in [3.05, 3.63) is 65.5 Å². The first-order valence-corrected chi connectivity index (χ1v) is 10.1. The van der Waals surface area contributed by atoms with E-state index in [-0.39, 0.29) is 24.7 Å². The molecule has 0 aliphatic heterocycles. The van der Waals surface area contributed by atoms with E-state index in [1.54, 1.807) is 23.9 Å². The molecule has 2 aromatic carbocycles. The van der Waals surface area contributed by atoms with Crippen LogP contribution in [0.4, 0.5) is 10.1 Å². The van der Waals surface area contributed by atoms with E-state index in [0.29, 0.717) is 16.7 Å². The lowest BCUT2D eigenvalue weighted by molar-refractivity contribution is -0.118. The molecule has 0 radical (unpaired) electrons. The lowest BCUT2D eigenvalue weighted by Crippen LogP contribution is -2.35. The number of nitrogens with two attached hydrogens (primary N) is 1. The van der Waals surface area contributed by atoms with E-state index in [1.807, 2.05) is 6.07 Å². The number of carbonyl (C=O) groups is 2. The van der Waals surface area contributed by atoms with Crippen molar-refractivity contribution in [2.45, 2.75) is 30.9 Å². The Balaban J connectivity index is 1.69. The van der Waals surface area contributed by atoms with Crippen molar-refractivity contribution in [3.8, 4) is 0 Å². The maximum Gasteiger partial charge on any atom is 0.237 e. The van der Waals surface area contributed by atoms with Crippen molar-refractivity contribution in [1.29, 1.82) is 0 Å². The van der Waals surface area contributed by atoms with E-state index in [2.05, 4.69) is 18.2 Å². The second-order valence-corrected chi connectivity index (χ2v) is 7.82. The number of rotatable bonds is 7. The van der Waals surface area contributed by atoms with Gasteiger partial charge < -0.3 is 10.6 Å². The highest BCUT2D eigenvalue weighted by Gasteiger charge is 2.23. The number of carbonyl (C=O) groups excluding carboxylic acids is 2. The van der Waals surface area contributed by atoms with Crippen LogP contribution in [0.1, 0.15) is 35.6 Å². The van der Waals surface area contributed by atoms with Crippen LogP contribution in [-0.4, -0.2) is 24.1 Å². The summed E-state index contributed by atoms with van der Waals surface area (Å²) in [5.41, 5.74) is 8.49. The molecule has 0 saturated heterocycles. The Morgan fingerprint density at radius 2 is 1.89 bits per heavy atom. The molecule has 2 amide bonds. The number of hydrogen-bond acceptors (Lipinski definition) is 3. The molecule has 1 atom stereocenters. The molecule has 3 rings (SSSR count). The van der Waals surface area contributed by atoms with Gasteiger partial charge in [0.1, 0.15) is 5.82 Å². The lowest BCUT2D eigenvalue weighted by atomic mass is 9.91. The summed E-state index contributed by atoms with van der Waals surface area (Å²) < 4.78 is 13.2. The third kappa shape index (κ3) is 5.10. The average Bonchev–Trinajstić information content (AvgIpc) is 2.67. The monoisotopic (exact) mass is 386 g/mol. The minimum atomic E-state index is -0.469. The van der Waals surface area contributed by atoms with E-state index in [1.165, 1.54) is 28.2 Å². The van der Waals surface area contributed by atoms with E-state index < -0.39 is 5.91 Å². The van der Waals surface area contributed by atoms with Gasteiger partial charge in [-0.25, -0.2) is 4.39 Å². The predicted molar refractivity (Wildman–Crippen MR) is 107 cm³/mol. The molecule has 27 heavy (non-hydrogen) atoms. The Kier molecular flexibility index (Phi) is 6.50. The fraction of sp³-hybridized carbons (Fsp3) is 0.333. The molecule has 0 aromatic heterocycles. The number of halogens is 1. The van der Waals surface area contributed by atoms with Gasteiger partial charge in [0.25, 0.3) is 0 Å². The van der Waals surface area contributed by atoms with Crippen LogP contribution in [0.15, 0.2) is 48.5 Å². The highest BCUT2D eigenvalue weighted by Crippen LogP contribution is 2.39. The highest BCUT2D eigenvalue weighted by molar-refractivity contribution is 8.00. The molecule has 142 valence electrons. The second-order valence-electron chi connectivity index (χ2n) is 6.63. The Hall–Kier alpha value is -2.34. The molecule has 2 N–H and O–H groups in total. The molecule has 0 heterocycles. The molecule has 0 fully saturated rings. The summed E-state index contributed by atoms with van der Waals surface area (Å²) in [6.45, 7) is 0.196. The number of anilines is 1. The van der Waals surface area contributed by atoms with Gasteiger partial charge in [0, 0.05) is 23.9 Å². The van der Waals surface area contributed by atoms with Gasteiger partial charge in [0.05, 0.1) is 5.75 Å². The van der Waals surface area contributed by atoms with Crippen LogP contribution in [0.2, 0.25) is 0 Å². The molecule has 4 nitrogen and oxygen atoms in total. The number of nitrogens with zero attached hydrogens (tertiary/aromatic N) is 1. The summed E-state index contributed by atoms with van der Waals surface area (Å²) in [4.78, 5) is 25.5. The number of benzene rings is 2. The minimum absolute atomic E-state index is 0.0695. The van der Waals surface area contributed by atoms with Gasteiger partial charge in [0.15, 0.2) is 0 Å². The molecule has 6 heteroatoms. The molecular weight excluding hydrogens is 363 g/mol. The van der Waals surface area contributed by atoms with Crippen LogP contribution in [-0.2, 0) is 16.0 Å². The average molecular weight is 386 g/mol. The van der Waals surface area contributed by atoms with E-state index in [4.69, 9.17) is 5.73 Å². The number of amides is 2. The van der Waals surface area contributed by atoms with Crippen LogP contribution in [0.5, 0.6) is 0 Å². The second kappa shape index (κ2) is 9.04. The molecule has 2 aromatic rings. The first-order chi connectivity index (χ1) is 13.0. The van der Waals surface area contributed by atoms with Gasteiger partial charge >= 0.3 is 0 Å². The molecule has 1 unspecified atom stereocenters. The quantitative estimate of drug-likeness (QED) is 0.786. The Labute approximate surface area is 162 Å². The zero-order valence-corrected chi connectivity index (χ0v) is 15.9. The van der Waals surface area contributed by atoms with Crippen LogP contribution < -0.4 is 10.6 Å². The van der Waals surface area contributed by atoms with Gasteiger partial charge in [0.2, 0.25) is 11.8 Å². The number of aryl methyl sites for hydroxylation is 1. The Morgan fingerprint density at radius 3 is 2.63 bits per heavy atom. The number of fused-ring (bicyclic) bond motifs is 1. The number of hydrogen-bond donors (Lipinski definition) is 1. The van der Waals surface area contributed by atoms with E-state index in [0.717, 1.165) is 19.3 Å². The zero-order chi connectivity index (χ0) is 19.2. The van der Waals surface area contributed by atoms with Crippen LogP contribution in [0.25, 0.3) is 0 Å². The SMILES string of the molecule is NC(=O)CCN(C(=O)CSC1CCCc2ccccc21)c1ccc(F)cc1. The molecule has 0 spiro atoms. The van der Waals surface area contributed by atoms with Crippen molar-refractivity contribution in [2.75, 3.05) is 17.2 Å². The predicted octanol–water partition coefficient (Wildman–Crippen LogP) is 3.84. The van der Waals surface area contributed by atoms with Crippen molar-refractivity contribution >= 4 is 29.3 Å². The van der Waals surface area contributed by atoms with Gasteiger partial charge in [-0.2, -0.15) is 0 Å². The summed E-state index contributed by atoms with van der Waals surface area (Å²) in [7, 11) is 0. The van der Waals surface area contributed by atoms with Crippen LogP contribution in [0, 0.1) is 5.82 Å². The zero-order valence-electron chi connectivity index (χ0n) is 15.1. The summed E-state index contributed by atoms with van der Waals surface area (Å²) in [6, 6.07) is 14.1. The standard InChI is InChI=1S/C21H23FN2O2S/c22-16-8-10-17(11-9-16)24(13-12-20(23)25)21(26)14-27-19-7-3-5-15-4-1-2-6-18(15)19/h1-2,4,6,8-11,19H,3,5,7,12-14H2,(H2,23,25). The summed E-state index contributed by atoms with van der Waals surface area (Å²) in [6.07, 6.45) is 3.32. The maximum atomic E-state index is 13.2. The molecule has 1 aliphatic carbocycles. The topological polar surface area (TPSA) is 63.4 Å². The largest absolute Gasteiger partial charge is 0.370 e. The molecule has 0 saturated carbocycles. The van der Waals surface area contributed by atoms with Crippen molar-refractivity contribution < 1.29 is 14.0 Å². The third-order valence-corrected chi connectivity index (χ3v) is 6.05. The van der Waals surface area contributed by atoms with Gasteiger partial charge in [-0.3, -0.25) is 9.59 Å². The fourth-order valence-corrected chi connectivity index (χ4v) is 4.62.